The predicted molar refractivity (Wildman–Crippen MR) is 131 cm³/mol. The minimum absolute atomic E-state index is 0.0183. The first kappa shape index (κ1) is 23.4. The number of carbonyl (C=O) groups excluding carboxylic acids is 2. The first-order chi connectivity index (χ1) is 16.5. The molecule has 0 bridgehead atoms. The van der Waals surface area contributed by atoms with Crippen molar-refractivity contribution in [3.63, 3.8) is 0 Å². The number of likely N-dealkylation sites (tertiary alicyclic amines) is 1. The summed E-state index contributed by atoms with van der Waals surface area (Å²) in [6, 6.07) is 24.7. The van der Waals surface area contributed by atoms with E-state index < -0.39 is 0 Å². The lowest BCUT2D eigenvalue weighted by Crippen LogP contribution is -2.36. The largest absolute Gasteiger partial charge is 0.497 e. The summed E-state index contributed by atoms with van der Waals surface area (Å²) in [6.45, 7) is 1.31. The molecule has 1 aliphatic rings. The van der Waals surface area contributed by atoms with Crippen LogP contribution in [0, 0.1) is 5.92 Å². The molecule has 2 amide bonds. The van der Waals surface area contributed by atoms with Gasteiger partial charge in [-0.3, -0.25) is 9.59 Å². The normalized spacial score (nSPS) is 17.3. The van der Waals surface area contributed by atoms with E-state index in [1.807, 2.05) is 61.6 Å². The Balaban J connectivity index is 1.61. The molecule has 3 aromatic rings. The van der Waals surface area contributed by atoms with E-state index in [-0.39, 0.29) is 23.7 Å². The molecule has 0 saturated carbocycles. The van der Waals surface area contributed by atoms with E-state index in [0.29, 0.717) is 30.9 Å². The number of hydrogen-bond acceptors (Lipinski definition) is 4. The Hall–Kier alpha value is -3.80. The summed E-state index contributed by atoms with van der Waals surface area (Å²) in [7, 11) is 5.05. The Kier molecular flexibility index (Phi) is 7.16. The minimum atomic E-state index is -0.368. The Morgan fingerprint density at radius 3 is 2.24 bits per heavy atom. The summed E-state index contributed by atoms with van der Waals surface area (Å²) in [5.74, 6) is 0.819. The highest BCUT2D eigenvalue weighted by atomic mass is 16.5. The molecule has 4 rings (SSSR count). The fourth-order valence-electron chi connectivity index (χ4n) is 4.64. The molecule has 176 valence electrons. The first-order valence-electron chi connectivity index (χ1n) is 11.4. The second-order valence-corrected chi connectivity index (χ2v) is 8.57. The van der Waals surface area contributed by atoms with Crippen LogP contribution in [-0.2, 0) is 11.3 Å². The van der Waals surface area contributed by atoms with Crippen LogP contribution in [0.2, 0.25) is 0 Å². The van der Waals surface area contributed by atoms with Crippen LogP contribution in [0.5, 0.6) is 11.5 Å². The Morgan fingerprint density at radius 2 is 1.56 bits per heavy atom. The summed E-state index contributed by atoms with van der Waals surface area (Å²) < 4.78 is 10.8. The standard InChI is InChI=1S/C28H30N2O4/c1-29(17-20-9-5-4-6-10-20)28(32)25-19-30(27(31)21-13-15-22(33-2)16-14-21)18-24(25)23-11-7-8-12-26(23)34-3/h4-16,24-25H,17-19H2,1-3H3. The van der Waals surface area contributed by atoms with E-state index in [9.17, 15) is 9.59 Å². The van der Waals surface area contributed by atoms with Gasteiger partial charge in [0.2, 0.25) is 5.91 Å². The number of benzene rings is 3. The molecular weight excluding hydrogens is 428 g/mol. The van der Waals surface area contributed by atoms with Gasteiger partial charge in [-0.05, 0) is 41.5 Å². The highest BCUT2D eigenvalue weighted by molar-refractivity contribution is 5.95. The first-order valence-corrected chi connectivity index (χ1v) is 11.4. The molecule has 34 heavy (non-hydrogen) atoms. The van der Waals surface area contributed by atoms with E-state index >= 15 is 0 Å². The maximum atomic E-state index is 13.7. The molecule has 2 atom stereocenters. The van der Waals surface area contributed by atoms with Crippen molar-refractivity contribution < 1.29 is 19.1 Å². The van der Waals surface area contributed by atoms with Gasteiger partial charge in [0.05, 0.1) is 20.1 Å². The van der Waals surface area contributed by atoms with Crippen LogP contribution in [0.4, 0.5) is 0 Å². The molecule has 1 saturated heterocycles. The van der Waals surface area contributed by atoms with Gasteiger partial charge in [0.15, 0.2) is 0 Å². The van der Waals surface area contributed by atoms with E-state index in [2.05, 4.69) is 0 Å². The maximum Gasteiger partial charge on any atom is 0.253 e. The van der Waals surface area contributed by atoms with Crippen LogP contribution in [0.25, 0.3) is 0 Å². The zero-order chi connectivity index (χ0) is 24.1. The van der Waals surface area contributed by atoms with E-state index in [4.69, 9.17) is 9.47 Å². The Labute approximate surface area is 200 Å². The molecule has 6 heteroatoms. The van der Waals surface area contributed by atoms with E-state index in [1.165, 1.54) is 0 Å². The third kappa shape index (κ3) is 4.91. The summed E-state index contributed by atoms with van der Waals surface area (Å²) in [6.07, 6.45) is 0. The lowest BCUT2D eigenvalue weighted by molar-refractivity contribution is -0.134. The second kappa shape index (κ2) is 10.4. The Morgan fingerprint density at radius 1 is 0.882 bits per heavy atom. The van der Waals surface area contributed by atoms with Crippen molar-refractivity contribution in [3.8, 4) is 11.5 Å². The van der Waals surface area contributed by atoms with Crippen LogP contribution < -0.4 is 9.47 Å². The molecule has 6 nitrogen and oxygen atoms in total. The van der Waals surface area contributed by atoms with Gasteiger partial charge in [0.25, 0.3) is 5.91 Å². The van der Waals surface area contributed by atoms with Crippen LogP contribution >= 0.6 is 0 Å². The van der Waals surface area contributed by atoms with Crippen LogP contribution in [0.15, 0.2) is 78.9 Å². The zero-order valence-electron chi connectivity index (χ0n) is 19.8. The molecular formula is C28H30N2O4. The highest BCUT2D eigenvalue weighted by Crippen LogP contribution is 2.39. The third-order valence-electron chi connectivity index (χ3n) is 6.44. The topological polar surface area (TPSA) is 59.1 Å². The van der Waals surface area contributed by atoms with Gasteiger partial charge in [-0.25, -0.2) is 0 Å². The molecule has 0 radical (unpaired) electrons. The number of para-hydroxylation sites is 1. The van der Waals surface area contributed by atoms with Crippen LogP contribution in [-0.4, -0.2) is 56.0 Å². The van der Waals surface area contributed by atoms with Crippen molar-refractivity contribution in [2.45, 2.75) is 12.5 Å². The summed E-state index contributed by atoms with van der Waals surface area (Å²) in [5.41, 5.74) is 2.59. The molecule has 0 N–H and O–H groups in total. The highest BCUT2D eigenvalue weighted by Gasteiger charge is 2.42. The molecule has 0 aromatic heterocycles. The maximum absolute atomic E-state index is 13.7. The molecule has 1 heterocycles. The Bertz CT molecular complexity index is 1130. The van der Waals surface area contributed by atoms with Gasteiger partial charge in [0.1, 0.15) is 11.5 Å². The van der Waals surface area contributed by atoms with Crippen molar-refractivity contribution >= 4 is 11.8 Å². The average Bonchev–Trinajstić information content (AvgIpc) is 3.33. The molecule has 0 aliphatic carbocycles. The van der Waals surface area contributed by atoms with Crippen molar-refractivity contribution in [1.82, 2.24) is 9.80 Å². The molecule has 2 unspecified atom stereocenters. The zero-order valence-corrected chi connectivity index (χ0v) is 19.8. The monoisotopic (exact) mass is 458 g/mol. The lowest BCUT2D eigenvalue weighted by atomic mass is 9.87. The average molecular weight is 459 g/mol. The van der Waals surface area contributed by atoms with Gasteiger partial charge in [0, 0.05) is 38.2 Å². The fraction of sp³-hybridized carbons (Fsp3) is 0.286. The van der Waals surface area contributed by atoms with Crippen molar-refractivity contribution in [2.24, 2.45) is 5.92 Å². The van der Waals surface area contributed by atoms with Gasteiger partial charge < -0.3 is 19.3 Å². The minimum Gasteiger partial charge on any atom is -0.497 e. The quantitative estimate of drug-likeness (QED) is 0.532. The smallest absolute Gasteiger partial charge is 0.253 e. The number of rotatable bonds is 7. The van der Waals surface area contributed by atoms with Gasteiger partial charge in [-0.15, -0.1) is 0 Å². The third-order valence-corrected chi connectivity index (χ3v) is 6.44. The molecule has 0 spiro atoms. The summed E-state index contributed by atoms with van der Waals surface area (Å²) in [4.78, 5) is 30.5. The summed E-state index contributed by atoms with van der Waals surface area (Å²) >= 11 is 0. The van der Waals surface area contributed by atoms with Gasteiger partial charge in [-0.1, -0.05) is 48.5 Å². The fourth-order valence-corrected chi connectivity index (χ4v) is 4.64. The van der Waals surface area contributed by atoms with Crippen LogP contribution in [0.1, 0.15) is 27.4 Å². The predicted octanol–water partition coefficient (Wildman–Crippen LogP) is 4.22. The van der Waals surface area contributed by atoms with Gasteiger partial charge >= 0.3 is 0 Å². The van der Waals surface area contributed by atoms with Crippen molar-refractivity contribution in [2.75, 3.05) is 34.4 Å². The van der Waals surface area contributed by atoms with Crippen LogP contribution in [0.3, 0.4) is 0 Å². The number of ether oxygens (including phenoxy) is 2. The molecule has 1 fully saturated rings. The number of nitrogens with zero attached hydrogens (tertiary/aromatic N) is 2. The van der Waals surface area contributed by atoms with Crippen molar-refractivity contribution in [1.29, 1.82) is 0 Å². The van der Waals surface area contributed by atoms with E-state index in [0.717, 1.165) is 16.9 Å². The number of methoxy groups -OCH3 is 2. The number of hydrogen-bond donors (Lipinski definition) is 0. The van der Waals surface area contributed by atoms with Crippen molar-refractivity contribution in [3.05, 3.63) is 95.6 Å². The number of carbonyl (C=O) groups is 2. The van der Waals surface area contributed by atoms with E-state index in [1.54, 1.807) is 48.3 Å². The summed E-state index contributed by atoms with van der Waals surface area (Å²) in [5, 5.41) is 0. The molecule has 3 aromatic carbocycles. The second-order valence-electron chi connectivity index (χ2n) is 8.57. The lowest BCUT2D eigenvalue weighted by Gasteiger charge is -2.25. The SMILES string of the molecule is COc1ccc(C(=O)N2CC(C(=O)N(C)Cc3ccccc3)C(c3ccccc3OC)C2)cc1. The number of amides is 2. The van der Waals surface area contributed by atoms with Gasteiger partial charge in [-0.2, -0.15) is 0 Å². The molecule has 1 aliphatic heterocycles.